The molecule has 0 bridgehead atoms. The van der Waals surface area contributed by atoms with Crippen molar-refractivity contribution in [2.24, 2.45) is 5.92 Å². The SMILES string of the molecule is COc1ccc(N2C[C@@H](C(=O)N[C@@H](Cc3ccccc3)[C@H](O)CN(CC(C)C)S(=O)(=O)c3ccc(OC)cc3)OC2=O)cc1. The molecule has 44 heavy (non-hydrogen) atoms. The lowest BCUT2D eigenvalue weighted by atomic mass is 10.0. The van der Waals surface area contributed by atoms with Gasteiger partial charge in [0.05, 0.1) is 37.8 Å². The Kier molecular flexibility index (Phi) is 10.8. The second-order valence-corrected chi connectivity index (χ2v) is 12.9. The molecule has 11 nitrogen and oxygen atoms in total. The molecule has 0 spiro atoms. The topological polar surface area (TPSA) is 135 Å². The minimum atomic E-state index is -4.00. The summed E-state index contributed by atoms with van der Waals surface area (Å²) in [6.45, 7) is 3.61. The number of sulfonamides is 1. The molecule has 4 rings (SSSR count). The summed E-state index contributed by atoms with van der Waals surface area (Å²) in [5.41, 5.74) is 1.37. The van der Waals surface area contributed by atoms with Crippen LogP contribution >= 0.6 is 0 Å². The molecular weight excluding hydrogens is 586 g/mol. The summed E-state index contributed by atoms with van der Waals surface area (Å²) in [6.07, 6.45) is -2.89. The van der Waals surface area contributed by atoms with E-state index in [1.807, 2.05) is 44.2 Å². The van der Waals surface area contributed by atoms with Crippen molar-refractivity contribution in [3.8, 4) is 11.5 Å². The zero-order valence-corrected chi connectivity index (χ0v) is 26.1. The van der Waals surface area contributed by atoms with E-state index < -0.39 is 40.3 Å². The largest absolute Gasteiger partial charge is 0.497 e. The molecule has 3 atom stereocenters. The first kappa shape index (κ1) is 32.8. The third-order valence-corrected chi connectivity index (χ3v) is 9.08. The smallest absolute Gasteiger partial charge is 0.415 e. The van der Waals surface area contributed by atoms with Gasteiger partial charge in [-0.1, -0.05) is 44.2 Å². The molecule has 0 aliphatic carbocycles. The molecule has 236 valence electrons. The second-order valence-electron chi connectivity index (χ2n) is 10.9. The summed E-state index contributed by atoms with van der Waals surface area (Å²) in [6, 6.07) is 21.2. The Morgan fingerprint density at radius 1 is 0.977 bits per heavy atom. The van der Waals surface area contributed by atoms with Crippen LogP contribution in [-0.2, 0) is 26.0 Å². The molecule has 3 aromatic rings. The fourth-order valence-electron chi connectivity index (χ4n) is 4.91. The molecule has 0 aromatic heterocycles. The molecule has 1 aliphatic rings. The number of hydrogen-bond donors (Lipinski definition) is 2. The minimum Gasteiger partial charge on any atom is -0.497 e. The summed E-state index contributed by atoms with van der Waals surface area (Å²) in [7, 11) is -0.964. The number of aliphatic hydroxyl groups is 1. The highest BCUT2D eigenvalue weighted by Gasteiger charge is 2.39. The quantitative estimate of drug-likeness (QED) is 0.278. The van der Waals surface area contributed by atoms with Gasteiger partial charge >= 0.3 is 6.09 Å². The van der Waals surface area contributed by atoms with Crippen LogP contribution in [0.4, 0.5) is 10.5 Å². The van der Waals surface area contributed by atoms with Crippen LogP contribution in [0.2, 0.25) is 0 Å². The number of methoxy groups -OCH3 is 2. The van der Waals surface area contributed by atoms with E-state index >= 15 is 0 Å². The van der Waals surface area contributed by atoms with E-state index in [9.17, 15) is 23.1 Å². The predicted octanol–water partition coefficient (Wildman–Crippen LogP) is 3.46. The van der Waals surface area contributed by atoms with E-state index in [-0.39, 0.29) is 36.9 Å². The molecule has 0 unspecified atom stereocenters. The van der Waals surface area contributed by atoms with Crippen LogP contribution < -0.4 is 19.7 Å². The number of cyclic esters (lactones) is 1. The highest BCUT2D eigenvalue weighted by molar-refractivity contribution is 7.89. The average Bonchev–Trinajstić information content (AvgIpc) is 3.42. The van der Waals surface area contributed by atoms with Gasteiger partial charge in [0.2, 0.25) is 10.0 Å². The Bertz CT molecular complexity index is 1500. The fourth-order valence-corrected chi connectivity index (χ4v) is 6.53. The number of nitrogens with zero attached hydrogens (tertiary/aromatic N) is 2. The van der Waals surface area contributed by atoms with Crippen molar-refractivity contribution in [2.45, 2.75) is 43.4 Å². The van der Waals surface area contributed by atoms with Crippen molar-refractivity contribution >= 4 is 27.7 Å². The van der Waals surface area contributed by atoms with Gasteiger partial charge < -0.3 is 24.6 Å². The summed E-state index contributed by atoms with van der Waals surface area (Å²) >= 11 is 0. The maximum atomic E-state index is 13.7. The lowest BCUT2D eigenvalue weighted by Crippen LogP contribution is -2.53. The van der Waals surface area contributed by atoms with Crippen LogP contribution in [0.25, 0.3) is 0 Å². The van der Waals surface area contributed by atoms with E-state index in [1.54, 1.807) is 36.4 Å². The minimum absolute atomic E-state index is 0.0313. The first-order chi connectivity index (χ1) is 21.0. The second kappa shape index (κ2) is 14.6. The molecule has 0 radical (unpaired) electrons. The van der Waals surface area contributed by atoms with Gasteiger partial charge in [-0.25, -0.2) is 13.2 Å². The number of anilines is 1. The van der Waals surface area contributed by atoms with E-state index in [2.05, 4.69) is 5.32 Å². The maximum absolute atomic E-state index is 13.7. The number of nitrogens with one attached hydrogen (secondary N) is 1. The van der Waals surface area contributed by atoms with Crippen molar-refractivity contribution in [3.63, 3.8) is 0 Å². The first-order valence-electron chi connectivity index (χ1n) is 14.3. The number of aliphatic hydroxyl groups excluding tert-OH is 1. The summed E-state index contributed by atoms with van der Waals surface area (Å²) < 4.78 is 44.3. The Morgan fingerprint density at radius 2 is 1.57 bits per heavy atom. The number of carbonyl (C=O) groups excluding carboxylic acids is 2. The van der Waals surface area contributed by atoms with Gasteiger partial charge in [-0.3, -0.25) is 9.69 Å². The number of rotatable bonds is 14. The molecule has 2 amide bonds. The molecule has 1 aliphatic heterocycles. The summed E-state index contributed by atoms with van der Waals surface area (Å²) in [5, 5.41) is 14.3. The van der Waals surface area contributed by atoms with Crippen molar-refractivity contribution in [1.82, 2.24) is 9.62 Å². The Hall–Kier alpha value is -4.13. The Morgan fingerprint density at radius 3 is 2.14 bits per heavy atom. The molecule has 1 saturated heterocycles. The van der Waals surface area contributed by atoms with Gasteiger partial charge in [0, 0.05) is 18.8 Å². The van der Waals surface area contributed by atoms with Crippen LogP contribution in [0.15, 0.2) is 83.8 Å². The number of carbonyl (C=O) groups is 2. The van der Waals surface area contributed by atoms with E-state index in [1.165, 1.54) is 35.6 Å². The molecule has 1 fully saturated rings. The number of benzene rings is 3. The summed E-state index contributed by atoms with van der Waals surface area (Å²) in [5.74, 6) is 0.499. The predicted molar refractivity (Wildman–Crippen MR) is 165 cm³/mol. The van der Waals surface area contributed by atoms with E-state index in [0.29, 0.717) is 17.2 Å². The lowest BCUT2D eigenvalue weighted by Gasteiger charge is -2.31. The molecule has 3 aromatic carbocycles. The zero-order chi connectivity index (χ0) is 31.9. The molecule has 12 heteroatoms. The molecular formula is C32H39N3O8S. The monoisotopic (exact) mass is 625 g/mol. The number of hydrogen-bond acceptors (Lipinski definition) is 8. The Balaban J connectivity index is 1.54. The molecule has 0 saturated carbocycles. The van der Waals surface area contributed by atoms with Crippen LogP contribution in [-0.4, -0.2) is 81.9 Å². The van der Waals surface area contributed by atoms with Crippen LogP contribution in [0.3, 0.4) is 0 Å². The van der Waals surface area contributed by atoms with E-state index in [0.717, 1.165) is 5.56 Å². The van der Waals surface area contributed by atoms with Crippen molar-refractivity contribution in [3.05, 3.63) is 84.4 Å². The van der Waals surface area contributed by atoms with Gasteiger partial charge in [-0.05, 0) is 66.4 Å². The highest BCUT2D eigenvalue weighted by Crippen LogP contribution is 2.25. The van der Waals surface area contributed by atoms with E-state index in [4.69, 9.17) is 14.2 Å². The first-order valence-corrected chi connectivity index (χ1v) is 15.7. The van der Waals surface area contributed by atoms with Gasteiger partial charge in [0.15, 0.2) is 6.10 Å². The van der Waals surface area contributed by atoms with Crippen LogP contribution in [0, 0.1) is 5.92 Å². The number of amides is 2. The maximum Gasteiger partial charge on any atom is 0.415 e. The fraction of sp³-hybridized carbons (Fsp3) is 0.375. The van der Waals surface area contributed by atoms with Crippen LogP contribution in [0.1, 0.15) is 19.4 Å². The van der Waals surface area contributed by atoms with Gasteiger partial charge in [0.1, 0.15) is 11.5 Å². The average molecular weight is 626 g/mol. The van der Waals surface area contributed by atoms with Gasteiger partial charge in [-0.15, -0.1) is 0 Å². The van der Waals surface area contributed by atoms with Crippen molar-refractivity contribution in [2.75, 3.05) is 38.8 Å². The van der Waals surface area contributed by atoms with Crippen molar-refractivity contribution in [1.29, 1.82) is 0 Å². The lowest BCUT2D eigenvalue weighted by molar-refractivity contribution is -0.129. The molecule has 1 heterocycles. The van der Waals surface area contributed by atoms with Gasteiger partial charge in [0.25, 0.3) is 5.91 Å². The standard InChI is InChI=1S/C32H39N3O8S/c1-22(2)19-34(44(39,40)27-16-14-26(42-4)15-17-27)20-29(36)28(18-23-8-6-5-7-9-23)33-31(37)30-21-35(32(38)43-30)24-10-12-25(41-3)13-11-24/h5-17,22,28-30,36H,18-21H2,1-4H3,(H,33,37)/t28-,29+,30-/m0/s1. The zero-order valence-electron chi connectivity index (χ0n) is 25.3. The van der Waals surface area contributed by atoms with Gasteiger partial charge in [-0.2, -0.15) is 4.31 Å². The number of ether oxygens (including phenoxy) is 3. The molecule has 2 N–H and O–H groups in total. The third kappa shape index (κ3) is 8.07. The summed E-state index contributed by atoms with van der Waals surface area (Å²) in [4.78, 5) is 27.5. The van der Waals surface area contributed by atoms with Crippen LogP contribution in [0.5, 0.6) is 11.5 Å². The Labute approximate surface area is 258 Å². The third-order valence-electron chi connectivity index (χ3n) is 7.24. The normalized spacial score (nSPS) is 16.5. The van der Waals surface area contributed by atoms with Crippen molar-refractivity contribution < 1.29 is 37.3 Å². The highest BCUT2D eigenvalue weighted by atomic mass is 32.2.